The molecule has 0 bridgehead atoms. The lowest BCUT2D eigenvalue weighted by Crippen LogP contribution is -2.47. The van der Waals surface area contributed by atoms with Gasteiger partial charge in [-0.15, -0.1) is 0 Å². The fourth-order valence-electron chi connectivity index (χ4n) is 3.91. The van der Waals surface area contributed by atoms with E-state index in [1.54, 1.807) is 15.9 Å². The number of nitrogens with zero attached hydrogens (tertiary/aromatic N) is 3. The number of nitrogens with one attached hydrogen (secondary N) is 1. The molecule has 2 heterocycles. The van der Waals surface area contributed by atoms with E-state index in [0.29, 0.717) is 17.9 Å². The molecule has 29 heavy (non-hydrogen) atoms. The van der Waals surface area contributed by atoms with Crippen LogP contribution in [0.25, 0.3) is 0 Å². The lowest BCUT2D eigenvalue weighted by atomic mass is 10.0. The molecule has 3 rings (SSSR count). The Morgan fingerprint density at radius 1 is 1.07 bits per heavy atom. The predicted molar refractivity (Wildman–Crippen MR) is 112 cm³/mol. The number of anilines is 1. The van der Waals surface area contributed by atoms with E-state index in [2.05, 4.69) is 9.82 Å². The zero-order valence-corrected chi connectivity index (χ0v) is 18.8. The third kappa shape index (κ3) is 4.19. The molecule has 1 aliphatic rings. The standard InChI is InChI=1S/C19H28N4O4S2/c1-5-22-16(4)19(13-20-22)28(24,25)21-17-9-11-18(12-10-17)29(26,27)23-14(2)7-6-8-15(23)3/h9-15,21H,5-8H2,1-4H3. The Hall–Kier alpha value is -1.91. The summed E-state index contributed by atoms with van der Waals surface area (Å²) >= 11 is 0. The molecule has 1 N–H and O–H groups in total. The number of benzene rings is 1. The fourth-order valence-corrected chi connectivity index (χ4v) is 7.03. The lowest BCUT2D eigenvalue weighted by molar-refractivity contribution is 0.204. The Bertz CT molecular complexity index is 1070. The molecule has 8 nitrogen and oxygen atoms in total. The molecule has 0 amide bonds. The van der Waals surface area contributed by atoms with Gasteiger partial charge in [-0.3, -0.25) is 9.40 Å². The molecule has 1 saturated heterocycles. The summed E-state index contributed by atoms with van der Waals surface area (Å²) in [5.41, 5.74) is 0.847. The molecule has 1 aromatic carbocycles. The summed E-state index contributed by atoms with van der Waals surface area (Å²) in [5.74, 6) is 0. The molecular formula is C19H28N4O4S2. The number of hydrogen-bond donors (Lipinski definition) is 1. The van der Waals surface area contributed by atoms with Crippen molar-refractivity contribution in [3.8, 4) is 0 Å². The van der Waals surface area contributed by atoms with Gasteiger partial charge in [-0.2, -0.15) is 9.40 Å². The summed E-state index contributed by atoms with van der Waals surface area (Å²) < 4.78 is 57.2. The summed E-state index contributed by atoms with van der Waals surface area (Å²) in [7, 11) is -7.45. The first-order chi connectivity index (χ1) is 13.6. The van der Waals surface area contributed by atoms with Crippen molar-refractivity contribution >= 4 is 25.7 Å². The van der Waals surface area contributed by atoms with E-state index < -0.39 is 20.0 Å². The molecule has 2 aromatic rings. The van der Waals surface area contributed by atoms with Gasteiger partial charge in [0, 0.05) is 24.3 Å². The van der Waals surface area contributed by atoms with Gasteiger partial charge >= 0.3 is 0 Å². The van der Waals surface area contributed by atoms with Gasteiger partial charge in [-0.25, -0.2) is 16.8 Å². The number of sulfonamides is 2. The van der Waals surface area contributed by atoms with E-state index in [9.17, 15) is 16.8 Å². The van der Waals surface area contributed by atoms with Gasteiger partial charge in [0.1, 0.15) is 4.90 Å². The summed E-state index contributed by atoms with van der Waals surface area (Å²) in [6.45, 7) is 8.00. The number of piperidine rings is 1. The molecule has 2 atom stereocenters. The average molecular weight is 441 g/mol. The summed E-state index contributed by atoms with van der Waals surface area (Å²) in [6.07, 6.45) is 4.01. The molecule has 2 unspecified atom stereocenters. The van der Waals surface area contributed by atoms with Crippen molar-refractivity contribution in [2.24, 2.45) is 0 Å². The molecule has 0 spiro atoms. The van der Waals surface area contributed by atoms with Crippen LogP contribution in [0.4, 0.5) is 5.69 Å². The fraction of sp³-hybridized carbons (Fsp3) is 0.526. The molecule has 160 valence electrons. The van der Waals surface area contributed by atoms with Crippen molar-refractivity contribution in [2.75, 3.05) is 4.72 Å². The van der Waals surface area contributed by atoms with Gasteiger partial charge in [0.25, 0.3) is 10.0 Å². The Labute approximate surface area is 173 Å². The van der Waals surface area contributed by atoms with Crippen LogP contribution in [-0.2, 0) is 26.6 Å². The second-order valence-corrected chi connectivity index (χ2v) is 11.0. The maximum Gasteiger partial charge on any atom is 0.265 e. The van der Waals surface area contributed by atoms with Crippen LogP contribution < -0.4 is 4.72 Å². The van der Waals surface area contributed by atoms with Crippen LogP contribution in [-0.4, -0.2) is 43.0 Å². The SMILES string of the molecule is CCn1ncc(S(=O)(=O)Nc2ccc(S(=O)(=O)N3C(C)CCCC3C)cc2)c1C. The predicted octanol–water partition coefficient (Wildman–Crippen LogP) is 2.96. The van der Waals surface area contributed by atoms with Crippen molar-refractivity contribution < 1.29 is 16.8 Å². The van der Waals surface area contributed by atoms with E-state index >= 15 is 0 Å². The normalized spacial score (nSPS) is 21.2. The quantitative estimate of drug-likeness (QED) is 0.744. The van der Waals surface area contributed by atoms with Crippen molar-refractivity contribution in [1.29, 1.82) is 0 Å². The Balaban J connectivity index is 1.84. The molecule has 0 saturated carbocycles. The van der Waals surface area contributed by atoms with Crippen molar-refractivity contribution in [2.45, 2.75) is 75.4 Å². The highest BCUT2D eigenvalue weighted by molar-refractivity contribution is 7.92. The Morgan fingerprint density at radius 2 is 1.66 bits per heavy atom. The minimum atomic E-state index is -3.81. The molecule has 10 heteroatoms. The third-order valence-corrected chi connectivity index (χ3v) is 9.07. The number of rotatable bonds is 6. The second kappa shape index (κ2) is 8.08. The van der Waals surface area contributed by atoms with Crippen molar-refractivity contribution in [3.63, 3.8) is 0 Å². The maximum atomic E-state index is 13.1. The van der Waals surface area contributed by atoms with E-state index in [0.717, 1.165) is 19.3 Å². The first-order valence-electron chi connectivity index (χ1n) is 9.76. The van der Waals surface area contributed by atoms with Gasteiger partial charge in [0.05, 0.1) is 16.8 Å². The molecule has 1 aromatic heterocycles. The first kappa shape index (κ1) is 21.8. The number of aryl methyl sites for hydroxylation is 1. The maximum absolute atomic E-state index is 13.1. The van der Waals surface area contributed by atoms with Crippen LogP contribution in [0.2, 0.25) is 0 Å². The topological polar surface area (TPSA) is 101 Å². The van der Waals surface area contributed by atoms with Crippen LogP contribution in [0.15, 0.2) is 40.3 Å². The van der Waals surface area contributed by atoms with Crippen LogP contribution in [0.1, 0.15) is 45.7 Å². The monoisotopic (exact) mass is 440 g/mol. The van der Waals surface area contributed by atoms with Gasteiger partial charge in [-0.1, -0.05) is 6.42 Å². The van der Waals surface area contributed by atoms with E-state index in [-0.39, 0.29) is 21.9 Å². The molecule has 0 aliphatic carbocycles. The largest absolute Gasteiger partial charge is 0.280 e. The van der Waals surface area contributed by atoms with Crippen LogP contribution in [0.5, 0.6) is 0 Å². The number of hydrogen-bond acceptors (Lipinski definition) is 5. The molecular weight excluding hydrogens is 412 g/mol. The van der Waals surface area contributed by atoms with Gasteiger partial charge < -0.3 is 0 Å². The zero-order valence-electron chi connectivity index (χ0n) is 17.2. The molecule has 0 radical (unpaired) electrons. The minimum Gasteiger partial charge on any atom is -0.280 e. The molecule has 1 fully saturated rings. The summed E-state index contributed by atoms with van der Waals surface area (Å²) in [5, 5.41) is 4.07. The highest BCUT2D eigenvalue weighted by Gasteiger charge is 2.35. The van der Waals surface area contributed by atoms with Gasteiger partial charge in [0.15, 0.2) is 0 Å². The van der Waals surface area contributed by atoms with Crippen molar-refractivity contribution in [3.05, 3.63) is 36.2 Å². The lowest BCUT2D eigenvalue weighted by Gasteiger charge is -2.37. The summed E-state index contributed by atoms with van der Waals surface area (Å²) in [4.78, 5) is 0.267. The van der Waals surface area contributed by atoms with E-state index in [1.807, 2.05) is 20.8 Å². The van der Waals surface area contributed by atoms with Gasteiger partial charge in [-0.05, 0) is 64.8 Å². The highest BCUT2D eigenvalue weighted by atomic mass is 32.2. The van der Waals surface area contributed by atoms with Crippen LogP contribution in [0, 0.1) is 6.92 Å². The highest BCUT2D eigenvalue weighted by Crippen LogP contribution is 2.30. The number of aromatic nitrogens is 2. The first-order valence-corrected chi connectivity index (χ1v) is 12.7. The average Bonchev–Trinajstić information content (AvgIpc) is 3.03. The van der Waals surface area contributed by atoms with E-state index in [1.165, 1.54) is 30.5 Å². The zero-order chi connectivity index (χ0) is 21.4. The van der Waals surface area contributed by atoms with Crippen LogP contribution in [0.3, 0.4) is 0 Å². The van der Waals surface area contributed by atoms with Gasteiger partial charge in [0.2, 0.25) is 10.0 Å². The Kier molecular flexibility index (Phi) is 6.07. The minimum absolute atomic E-state index is 0.0555. The Morgan fingerprint density at radius 3 is 2.17 bits per heavy atom. The molecule has 1 aliphatic heterocycles. The van der Waals surface area contributed by atoms with Crippen LogP contribution >= 0.6 is 0 Å². The summed E-state index contributed by atoms with van der Waals surface area (Å²) in [6, 6.07) is 5.74. The smallest absolute Gasteiger partial charge is 0.265 e. The second-order valence-electron chi connectivity index (χ2n) is 7.50. The van der Waals surface area contributed by atoms with Crippen molar-refractivity contribution in [1.82, 2.24) is 14.1 Å². The third-order valence-electron chi connectivity index (χ3n) is 5.44. The van der Waals surface area contributed by atoms with E-state index in [4.69, 9.17) is 0 Å².